The van der Waals surface area contributed by atoms with Gasteiger partial charge in [0.05, 0.1) is 28.7 Å². The minimum atomic E-state index is -4.62. The fraction of sp³-hybridized carbons (Fsp3) is 0.214. The van der Waals surface area contributed by atoms with Crippen LogP contribution in [0.15, 0.2) is 34.0 Å². The SMILES string of the molecule is Cc1nc(Cn2c(=O)[nH]c(=O)c3ccc(C(F)(F)F)cc32)cn1SF. The number of benzene rings is 1. The number of imidazole rings is 1. The average molecular weight is 374 g/mol. The van der Waals surface area contributed by atoms with E-state index in [0.717, 1.165) is 26.7 Å². The van der Waals surface area contributed by atoms with Gasteiger partial charge in [0.25, 0.3) is 5.56 Å². The zero-order chi connectivity index (χ0) is 18.4. The number of aryl methyl sites for hydroxylation is 1. The summed E-state index contributed by atoms with van der Waals surface area (Å²) in [6.07, 6.45) is -3.31. The fourth-order valence-electron chi connectivity index (χ4n) is 2.44. The van der Waals surface area contributed by atoms with Gasteiger partial charge in [-0.25, -0.2) is 13.8 Å². The minimum absolute atomic E-state index is 0.0661. The van der Waals surface area contributed by atoms with E-state index < -0.39 is 23.0 Å². The molecule has 0 amide bonds. The smallest absolute Gasteiger partial charge is 0.287 e. The van der Waals surface area contributed by atoms with Crippen molar-refractivity contribution in [3.8, 4) is 0 Å². The topological polar surface area (TPSA) is 72.7 Å². The third-order valence-electron chi connectivity index (χ3n) is 3.61. The summed E-state index contributed by atoms with van der Waals surface area (Å²) in [5, 5.41) is -0.0661. The minimum Gasteiger partial charge on any atom is -0.287 e. The van der Waals surface area contributed by atoms with Gasteiger partial charge in [-0.15, -0.1) is 3.89 Å². The molecule has 3 rings (SSSR count). The highest BCUT2D eigenvalue weighted by Crippen LogP contribution is 2.30. The number of aromatic amines is 1. The van der Waals surface area contributed by atoms with Crippen LogP contribution in [0.2, 0.25) is 0 Å². The summed E-state index contributed by atoms with van der Waals surface area (Å²) in [4.78, 5) is 30.0. The molecule has 1 aromatic carbocycles. The summed E-state index contributed by atoms with van der Waals surface area (Å²) in [6.45, 7) is 1.31. The molecule has 0 bridgehead atoms. The van der Waals surface area contributed by atoms with Gasteiger partial charge >= 0.3 is 11.9 Å². The van der Waals surface area contributed by atoms with Crippen molar-refractivity contribution in [2.24, 2.45) is 0 Å². The van der Waals surface area contributed by atoms with E-state index in [-0.39, 0.29) is 35.5 Å². The molecule has 0 aliphatic rings. The van der Waals surface area contributed by atoms with E-state index in [1.165, 1.54) is 13.1 Å². The van der Waals surface area contributed by atoms with E-state index in [1.54, 1.807) is 0 Å². The lowest BCUT2D eigenvalue weighted by atomic mass is 10.1. The Balaban J connectivity index is 2.21. The predicted octanol–water partition coefficient (Wildman–Crippen LogP) is 2.64. The predicted molar refractivity (Wildman–Crippen MR) is 84.0 cm³/mol. The van der Waals surface area contributed by atoms with Crippen molar-refractivity contribution >= 4 is 23.2 Å². The van der Waals surface area contributed by atoms with Gasteiger partial charge in [-0.2, -0.15) is 13.2 Å². The Morgan fingerprint density at radius 3 is 2.60 bits per heavy atom. The molecule has 0 atom stereocenters. The highest BCUT2D eigenvalue weighted by Gasteiger charge is 2.31. The highest BCUT2D eigenvalue weighted by molar-refractivity contribution is 7.92. The van der Waals surface area contributed by atoms with E-state index >= 15 is 0 Å². The van der Waals surface area contributed by atoms with Gasteiger partial charge in [0.1, 0.15) is 5.82 Å². The number of hydrogen-bond acceptors (Lipinski definition) is 4. The van der Waals surface area contributed by atoms with Gasteiger partial charge in [0.15, 0.2) is 12.3 Å². The first-order chi connectivity index (χ1) is 11.7. The van der Waals surface area contributed by atoms with Crippen LogP contribution in [0.1, 0.15) is 17.1 Å². The van der Waals surface area contributed by atoms with E-state index in [1.807, 2.05) is 0 Å². The van der Waals surface area contributed by atoms with Crippen molar-refractivity contribution < 1.29 is 17.1 Å². The Morgan fingerprint density at radius 2 is 2.00 bits per heavy atom. The Morgan fingerprint density at radius 1 is 1.28 bits per heavy atom. The number of rotatable bonds is 3. The fourth-order valence-corrected chi connectivity index (χ4v) is 2.75. The summed E-state index contributed by atoms with van der Waals surface area (Å²) < 4.78 is 53.6. The number of halogens is 4. The molecule has 0 aliphatic heterocycles. The Hall–Kier alpha value is -2.56. The number of alkyl halides is 3. The van der Waals surface area contributed by atoms with Crippen LogP contribution >= 0.6 is 12.3 Å². The van der Waals surface area contributed by atoms with Crippen molar-refractivity contribution in [3.63, 3.8) is 0 Å². The number of nitrogens with zero attached hydrogens (tertiary/aromatic N) is 3. The quantitative estimate of drug-likeness (QED) is 0.716. The second kappa shape index (κ2) is 6.06. The van der Waals surface area contributed by atoms with E-state index in [4.69, 9.17) is 0 Å². The molecule has 3 aromatic rings. The molecule has 0 spiro atoms. The molecule has 25 heavy (non-hydrogen) atoms. The number of H-pyrrole nitrogens is 1. The number of fused-ring (bicyclic) bond motifs is 1. The van der Waals surface area contributed by atoms with Crippen molar-refractivity contribution in [2.45, 2.75) is 19.6 Å². The second-order valence-corrected chi connectivity index (χ2v) is 5.78. The summed E-state index contributed by atoms with van der Waals surface area (Å²) in [5.74, 6) is 0.320. The van der Waals surface area contributed by atoms with Crippen molar-refractivity contribution in [1.82, 2.24) is 18.5 Å². The number of aromatic nitrogens is 4. The summed E-state index contributed by atoms with van der Waals surface area (Å²) in [6, 6.07) is 2.51. The van der Waals surface area contributed by atoms with Crippen molar-refractivity contribution in [1.29, 1.82) is 0 Å². The molecule has 0 unspecified atom stereocenters. The number of nitrogens with one attached hydrogen (secondary N) is 1. The van der Waals surface area contributed by atoms with Crippen LogP contribution in [-0.2, 0) is 12.7 Å². The first-order valence-corrected chi connectivity index (χ1v) is 7.56. The van der Waals surface area contributed by atoms with Crippen LogP contribution in [0.4, 0.5) is 17.1 Å². The van der Waals surface area contributed by atoms with Gasteiger partial charge in [0, 0.05) is 6.20 Å². The standard InChI is InChI=1S/C14H10F4N4O2S/c1-7-19-9(6-22(7)25-18)5-21-11-4-8(14(15,16)17)2-3-10(11)12(23)20-13(21)24/h2-4,6H,5H2,1H3,(H,20,23,24). The lowest BCUT2D eigenvalue weighted by Gasteiger charge is -2.11. The first-order valence-electron chi connectivity index (χ1n) is 6.88. The molecule has 0 saturated heterocycles. The Kier molecular flexibility index (Phi) is 4.19. The molecule has 132 valence electrons. The molecule has 0 radical (unpaired) electrons. The van der Waals surface area contributed by atoms with Crippen molar-refractivity contribution in [3.05, 3.63) is 62.3 Å². The Bertz CT molecular complexity index is 1070. The normalized spacial score (nSPS) is 12.0. The van der Waals surface area contributed by atoms with Crippen LogP contribution in [0.5, 0.6) is 0 Å². The molecule has 11 heteroatoms. The van der Waals surface area contributed by atoms with Crippen LogP contribution in [-0.4, -0.2) is 18.5 Å². The van der Waals surface area contributed by atoms with E-state index in [0.29, 0.717) is 5.82 Å². The third kappa shape index (κ3) is 3.18. The molecular formula is C14H10F4N4O2S. The highest BCUT2D eigenvalue weighted by atomic mass is 32.2. The molecule has 1 N–H and O–H groups in total. The molecule has 2 heterocycles. The van der Waals surface area contributed by atoms with Crippen LogP contribution < -0.4 is 11.2 Å². The van der Waals surface area contributed by atoms with Crippen LogP contribution in [0.3, 0.4) is 0 Å². The molecule has 0 fully saturated rings. The van der Waals surface area contributed by atoms with Crippen molar-refractivity contribution in [2.75, 3.05) is 0 Å². The monoisotopic (exact) mass is 374 g/mol. The summed E-state index contributed by atoms with van der Waals surface area (Å²) in [5.41, 5.74) is -2.57. The molecule has 6 nitrogen and oxygen atoms in total. The van der Waals surface area contributed by atoms with Crippen LogP contribution in [0, 0.1) is 6.92 Å². The maximum Gasteiger partial charge on any atom is 0.416 e. The lowest BCUT2D eigenvalue weighted by Crippen LogP contribution is -2.31. The first kappa shape index (κ1) is 17.3. The average Bonchev–Trinajstić information content (AvgIpc) is 2.89. The zero-order valence-corrected chi connectivity index (χ0v) is 13.4. The van der Waals surface area contributed by atoms with Gasteiger partial charge in [-0.1, -0.05) is 0 Å². The molecular weight excluding hydrogens is 364 g/mol. The molecule has 2 aromatic heterocycles. The van der Waals surface area contributed by atoms with Gasteiger partial charge in [-0.05, 0) is 25.1 Å². The third-order valence-corrected chi connectivity index (χ3v) is 4.13. The van der Waals surface area contributed by atoms with Gasteiger partial charge in [-0.3, -0.25) is 14.3 Å². The van der Waals surface area contributed by atoms with E-state index in [2.05, 4.69) is 9.97 Å². The second-order valence-electron chi connectivity index (χ2n) is 5.25. The maximum absolute atomic E-state index is 12.9. The molecule has 0 aliphatic carbocycles. The Labute approximate surface area is 141 Å². The largest absolute Gasteiger partial charge is 0.416 e. The van der Waals surface area contributed by atoms with Gasteiger partial charge < -0.3 is 0 Å². The number of hydrogen-bond donors (Lipinski definition) is 1. The summed E-state index contributed by atoms with van der Waals surface area (Å²) >= 11 is -0.0969. The van der Waals surface area contributed by atoms with Crippen LogP contribution in [0.25, 0.3) is 10.9 Å². The lowest BCUT2D eigenvalue weighted by molar-refractivity contribution is -0.137. The van der Waals surface area contributed by atoms with E-state index in [9.17, 15) is 26.6 Å². The zero-order valence-electron chi connectivity index (χ0n) is 12.6. The maximum atomic E-state index is 12.9. The summed E-state index contributed by atoms with van der Waals surface area (Å²) in [7, 11) is 0. The van der Waals surface area contributed by atoms with Gasteiger partial charge in [0.2, 0.25) is 0 Å². The molecule has 0 saturated carbocycles.